The van der Waals surface area contributed by atoms with E-state index >= 15 is 0 Å². The lowest BCUT2D eigenvalue weighted by atomic mass is 9.45. The van der Waals surface area contributed by atoms with Crippen molar-refractivity contribution in [1.82, 2.24) is 0 Å². The lowest BCUT2D eigenvalue weighted by Crippen LogP contribution is -2.62. The zero-order valence-electron chi connectivity index (χ0n) is 23.4. The van der Waals surface area contributed by atoms with Crippen molar-refractivity contribution >= 4 is 0 Å². The Bertz CT molecular complexity index is 885. The van der Waals surface area contributed by atoms with Crippen LogP contribution in [0.3, 0.4) is 0 Å². The zero-order chi connectivity index (χ0) is 27.0. The van der Waals surface area contributed by atoms with E-state index in [0.717, 1.165) is 38.5 Å². The molecule has 11 atom stereocenters. The van der Waals surface area contributed by atoms with Crippen LogP contribution in [-0.4, -0.2) is 82.3 Å². The van der Waals surface area contributed by atoms with Crippen LogP contribution in [0.5, 0.6) is 0 Å². The Kier molecular flexibility index (Phi) is 7.19. The summed E-state index contributed by atoms with van der Waals surface area (Å²) >= 11 is 0. The van der Waals surface area contributed by atoms with Crippen LogP contribution in [0.1, 0.15) is 80.1 Å². The quantitative estimate of drug-likeness (QED) is 0.328. The minimum absolute atomic E-state index is 0.0122. The van der Waals surface area contributed by atoms with Gasteiger partial charge in [0.25, 0.3) is 0 Å². The SMILES string of the molecule is CC1(C)OC[C@H]([C@]2(C)C=C3CC[C@@H]4C(C)(C)[C@@H](O[C@@H]5O[C@H](CO)[C@@H](O)[C@H](O)[C@H]5O)CC[C@@]4(C)[C@@H]3CC2)O1. The number of hydrogen-bond donors (Lipinski definition) is 4. The van der Waals surface area contributed by atoms with Crippen molar-refractivity contribution < 1.29 is 39.4 Å². The third-order valence-electron chi connectivity index (χ3n) is 10.8. The Morgan fingerprint density at radius 2 is 1.68 bits per heavy atom. The minimum Gasteiger partial charge on any atom is -0.394 e. The van der Waals surface area contributed by atoms with Gasteiger partial charge >= 0.3 is 0 Å². The highest BCUT2D eigenvalue weighted by molar-refractivity contribution is 5.26. The second-order valence-corrected chi connectivity index (χ2v) is 13.9. The number of ether oxygens (including phenoxy) is 4. The molecule has 212 valence electrons. The summed E-state index contributed by atoms with van der Waals surface area (Å²) in [5.74, 6) is 0.443. The molecule has 4 N–H and O–H groups in total. The number of aliphatic hydroxyl groups excluding tert-OH is 4. The van der Waals surface area contributed by atoms with E-state index in [0.29, 0.717) is 18.4 Å². The van der Waals surface area contributed by atoms with Crippen LogP contribution < -0.4 is 0 Å². The van der Waals surface area contributed by atoms with Gasteiger partial charge in [-0.25, -0.2) is 0 Å². The van der Waals surface area contributed by atoms with Crippen molar-refractivity contribution in [2.45, 2.75) is 129 Å². The Hall–Kier alpha value is -0.580. The molecule has 0 spiro atoms. The Labute approximate surface area is 221 Å². The average molecular weight is 525 g/mol. The van der Waals surface area contributed by atoms with Crippen LogP contribution in [0.2, 0.25) is 0 Å². The highest BCUT2D eigenvalue weighted by Gasteiger charge is 2.59. The highest BCUT2D eigenvalue weighted by Crippen LogP contribution is 2.64. The summed E-state index contributed by atoms with van der Waals surface area (Å²) in [6.07, 6.45) is 2.42. The van der Waals surface area contributed by atoms with E-state index in [1.807, 2.05) is 13.8 Å². The summed E-state index contributed by atoms with van der Waals surface area (Å²) in [4.78, 5) is 0. The maximum atomic E-state index is 10.6. The molecular weight excluding hydrogens is 476 g/mol. The Balaban J connectivity index is 1.32. The first kappa shape index (κ1) is 28.0. The molecule has 5 aliphatic rings. The molecule has 8 nitrogen and oxygen atoms in total. The predicted molar refractivity (Wildman–Crippen MR) is 136 cm³/mol. The van der Waals surface area contributed by atoms with Crippen LogP contribution in [0.4, 0.5) is 0 Å². The Morgan fingerprint density at radius 1 is 0.946 bits per heavy atom. The summed E-state index contributed by atoms with van der Waals surface area (Å²) in [5, 5.41) is 40.5. The van der Waals surface area contributed by atoms with E-state index in [1.165, 1.54) is 0 Å². The molecule has 0 bridgehead atoms. The van der Waals surface area contributed by atoms with Crippen LogP contribution in [0.25, 0.3) is 0 Å². The van der Waals surface area contributed by atoms with Gasteiger partial charge in [-0.2, -0.15) is 0 Å². The topological polar surface area (TPSA) is 118 Å². The largest absolute Gasteiger partial charge is 0.394 e. The molecule has 0 radical (unpaired) electrons. The van der Waals surface area contributed by atoms with Crippen LogP contribution in [-0.2, 0) is 18.9 Å². The molecule has 2 saturated carbocycles. The first-order valence-corrected chi connectivity index (χ1v) is 14.2. The third kappa shape index (κ3) is 4.63. The van der Waals surface area contributed by atoms with Gasteiger partial charge in [0.05, 0.1) is 25.4 Å². The maximum Gasteiger partial charge on any atom is 0.186 e. The monoisotopic (exact) mass is 524 g/mol. The van der Waals surface area contributed by atoms with Crippen molar-refractivity contribution in [2.24, 2.45) is 28.1 Å². The number of fused-ring (bicyclic) bond motifs is 3. The van der Waals surface area contributed by atoms with Gasteiger partial charge in [0, 0.05) is 5.41 Å². The highest BCUT2D eigenvalue weighted by atomic mass is 16.7. The maximum absolute atomic E-state index is 10.6. The molecule has 2 aliphatic heterocycles. The molecule has 0 amide bonds. The van der Waals surface area contributed by atoms with E-state index in [1.54, 1.807) is 5.57 Å². The fraction of sp³-hybridized carbons (Fsp3) is 0.931. The summed E-state index contributed by atoms with van der Waals surface area (Å²) in [6, 6.07) is 0. The van der Waals surface area contributed by atoms with Crippen molar-refractivity contribution in [1.29, 1.82) is 0 Å². The second-order valence-electron chi connectivity index (χ2n) is 13.9. The summed E-state index contributed by atoms with van der Waals surface area (Å²) in [5.41, 5.74) is 1.54. The lowest BCUT2D eigenvalue weighted by molar-refractivity contribution is -0.327. The molecule has 0 unspecified atom stereocenters. The van der Waals surface area contributed by atoms with Gasteiger partial charge in [0.2, 0.25) is 0 Å². The predicted octanol–water partition coefficient (Wildman–Crippen LogP) is 2.90. The van der Waals surface area contributed by atoms with E-state index in [9.17, 15) is 20.4 Å². The summed E-state index contributed by atoms with van der Waals surface area (Å²) in [6.45, 7) is 13.5. The van der Waals surface area contributed by atoms with Crippen molar-refractivity contribution in [3.05, 3.63) is 11.6 Å². The molecule has 0 aromatic carbocycles. The molecule has 2 saturated heterocycles. The van der Waals surface area contributed by atoms with E-state index in [-0.39, 0.29) is 28.5 Å². The van der Waals surface area contributed by atoms with Gasteiger partial charge in [-0.3, -0.25) is 0 Å². The summed E-state index contributed by atoms with van der Waals surface area (Å²) in [7, 11) is 0. The smallest absolute Gasteiger partial charge is 0.186 e. The van der Waals surface area contributed by atoms with Crippen LogP contribution >= 0.6 is 0 Å². The molecule has 0 aromatic rings. The average Bonchev–Trinajstić information content (AvgIpc) is 3.21. The Morgan fingerprint density at radius 3 is 2.32 bits per heavy atom. The van der Waals surface area contributed by atoms with Crippen molar-refractivity contribution in [2.75, 3.05) is 13.2 Å². The number of hydrogen-bond acceptors (Lipinski definition) is 8. The number of rotatable bonds is 4. The fourth-order valence-electron chi connectivity index (χ4n) is 8.58. The van der Waals surface area contributed by atoms with Crippen LogP contribution in [0, 0.1) is 28.1 Å². The molecule has 37 heavy (non-hydrogen) atoms. The first-order valence-electron chi connectivity index (χ1n) is 14.2. The fourth-order valence-corrected chi connectivity index (χ4v) is 8.58. The van der Waals surface area contributed by atoms with E-state index in [2.05, 4.69) is 33.8 Å². The van der Waals surface area contributed by atoms with Gasteiger partial charge in [0.1, 0.15) is 24.4 Å². The first-order chi connectivity index (χ1) is 17.2. The van der Waals surface area contributed by atoms with Gasteiger partial charge in [0.15, 0.2) is 12.1 Å². The lowest BCUT2D eigenvalue weighted by Gasteiger charge is -2.62. The van der Waals surface area contributed by atoms with Crippen molar-refractivity contribution in [3.63, 3.8) is 0 Å². The molecular formula is C29H48O8. The van der Waals surface area contributed by atoms with Crippen molar-refractivity contribution in [3.8, 4) is 0 Å². The zero-order valence-corrected chi connectivity index (χ0v) is 23.4. The number of aliphatic hydroxyl groups is 4. The molecule has 4 fully saturated rings. The molecule has 3 aliphatic carbocycles. The van der Waals surface area contributed by atoms with E-state index < -0.39 is 43.1 Å². The van der Waals surface area contributed by atoms with Gasteiger partial charge in [-0.1, -0.05) is 39.3 Å². The second kappa shape index (κ2) is 9.51. The third-order valence-corrected chi connectivity index (χ3v) is 10.8. The van der Waals surface area contributed by atoms with Gasteiger partial charge < -0.3 is 39.4 Å². The normalized spacial score (nSPS) is 51.2. The van der Waals surface area contributed by atoms with E-state index in [4.69, 9.17) is 18.9 Å². The molecule has 2 heterocycles. The van der Waals surface area contributed by atoms with Gasteiger partial charge in [-0.05, 0) is 75.0 Å². The minimum atomic E-state index is -1.42. The molecule has 8 heteroatoms. The molecule has 5 rings (SSSR count). The van der Waals surface area contributed by atoms with Crippen LogP contribution in [0.15, 0.2) is 11.6 Å². The number of allylic oxidation sites excluding steroid dienone is 1. The standard InChI is InChI=1S/C29H48O8/c1-26(2)19-8-7-16-13-28(5,21-15-34-27(3,4)37-21)11-9-17(16)29(19,6)12-10-20(26)36-25-24(33)23(32)22(31)18(14-30)35-25/h13,17-25,30-33H,7-12,14-15H2,1-6H3/t17-,18-,19-,20+,21-,22-,23+,24-,25+,28+,29+/m1/s1. The van der Waals surface area contributed by atoms with Gasteiger partial charge in [-0.15, -0.1) is 0 Å². The molecule has 0 aromatic heterocycles. The summed E-state index contributed by atoms with van der Waals surface area (Å²) < 4.78 is 24.3.